The third-order valence-corrected chi connectivity index (χ3v) is 3.17. The molecule has 1 rings (SSSR count). The van der Waals surface area contributed by atoms with Crippen molar-refractivity contribution in [2.45, 2.75) is 13.3 Å². The van der Waals surface area contributed by atoms with Gasteiger partial charge in [0.25, 0.3) is 0 Å². The van der Waals surface area contributed by atoms with Crippen LogP contribution in [0.25, 0.3) is 0 Å². The molecule has 142 valence electrons. The van der Waals surface area contributed by atoms with Crippen molar-refractivity contribution in [1.82, 2.24) is 10.6 Å². The zero-order chi connectivity index (χ0) is 20.1. The van der Waals surface area contributed by atoms with Gasteiger partial charge in [0.2, 0.25) is 18.2 Å². The van der Waals surface area contributed by atoms with Gasteiger partial charge in [0.1, 0.15) is 5.82 Å². The van der Waals surface area contributed by atoms with Gasteiger partial charge in [-0.25, -0.2) is 4.99 Å². The number of allylic oxidation sites excluding steroid dienone is 2. The number of hydrogen-bond acceptors (Lipinski definition) is 5. The molecule has 0 heterocycles. The number of carbonyl (C=O) groups excluding carboxylic acids is 3. The first-order valence-corrected chi connectivity index (χ1v) is 8.15. The Morgan fingerprint density at radius 1 is 1.22 bits per heavy atom. The third kappa shape index (κ3) is 8.82. The van der Waals surface area contributed by atoms with E-state index >= 15 is 0 Å². The van der Waals surface area contributed by atoms with Gasteiger partial charge in [-0.15, -0.1) is 0 Å². The van der Waals surface area contributed by atoms with Gasteiger partial charge in [-0.1, -0.05) is 25.3 Å². The second-order valence-corrected chi connectivity index (χ2v) is 5.21. The highest BCUT2D eigenvalue weighted by molar-refractivity contribution is 5.92. The first-order valence-electron chi connectivity index (χ1n) is 8.15. The van der Waals surface area contributed by atoms with E-state index in [1.54, 1.807) is 37.3 Å². The zero-order valence-corrected chi connectivity index (χ0v) is 15.1. The Hall–Kier alpha value is -3.68. The lowest BCUT2D eigenvalue weighted by molar-refractivity contribution is -0.117. The van der Waals surface area contributed by atoms with Crippen LogP contribution in [0.5, 0.6) is 0 Å². The fraction of sp³-hybridized carbons (Fsp3) is 0.158. The van der Waals surface area contributed by atoms with Gasteiger partial charge >= 0.3 is 0 Å². The maximum absolute atomic E-state index is 11.9. The predicted octanol–water partition coefficient (Wildman–Crippen LogP) is 1.92. The first-order chi connectivity index (χ1) is 13.0. The molecule has 1 aromatic rings. The second kappa shape index (κ2) is 11.8. The number of nitrogens with zero attached hydrogens (tertiary/aromatic N) is 1. The smallest absolute Gasteiger partial charge is 0.243 e. The van der Waals surface area contributed by atoms with Crippen LogP contribution in [0.1, 0.15) is 13.3 Å². The molecule has 4 N–H and O–H groups in total. The number of rotatable bonds is 11. The van der Waals surface area contributed by atoms with Crippen molar-refractivity contribution in [2.24, 2.45) is 4.99 Å². The number of carbonyl (C=O) groups is 3. The van der Waals surface area contributed by atoms with Crippen molar-refractivity contribution >= 4 is 35.8 Å². The highest BCUT2D eigenvalue weighted by atomic mass is 16.2. The van der Waals surface area contributed by atoms with Crippen LogP contribution in [-0.2, 0) is 14.4 Å². The average Bonchev–Trinajstić information content (AvgIpc) is 2.65. The van der Waals surface area contributed by atoms with Crippen LogP contribution in [-0.4, -0.2) is 31.0 Å². The predicted molar refractivity (Wildman–Crippen MR) is 107 cm³/mol. The van der Waals surface area contributed by atoms with E-state index in [0.717, 1.165) is 6.08 Å². The molecule has 8 heteroatoms. The van der Waals surface area contributed by atoms with Crippen molar-refractivity contribution < 1.29 is 14.4 Å². The van der Waals surface area contributed by atoms with E-state index in [1.807, 2.05) is 0 Å². The van der Waals surface area contributed by atoms with E-state index in [2.05, 4.69) is 39.4 Å². The minimum absolute atomic E-state index is 0.143. The van der Waals surface area contributed by atoms with E-state index in [1.165, 1.54) is 6.21 Å². The molecule has 0 aliphatic heterocycles. The Labute approximate surface area is 158 Å². The topological polar surface area (TPSA) is 112 Å². The standard InChI is InChI=1S/C19H23N5O3/c1-4-15(22-13-25)12-21-14(3)23-16-7-6-8-17(11-16)24-19(27)9-10-20-18(26)5-2/h4-8,11-13,23H,2-3,9-10H2,1H3,(H,20,26)(H,22,25)(H,24,27)/b15-4+,21-12?. The Morgan fingerprint density at radius 3 is 2.56 bits per heavy atom. The molecule has 8 nitrogen and oxygen atoms in total. The number of benzene rings is 1. The van der Waals surface area contributed by atoms with E-state index in [-0.39, 0.29) is 24.8 Å². The molecule has 0 radical (unpaired) electrons. The van der Waals surface area contributed by atoms with E-state index < -0.39 is 0 Å². The molecule has 0 atom stereocenters. The SMILES string of the molecule is C=CC(=O)NCCC(=O)Nc1cccc(NC(=C)N=C/C(=C\C)NC=O)c1. The van der Waals surface area contributed by atoms with E-state index in [4.69, 9.17) is 0 Å². The van der Waals surface area contributed by atoms with Gasteiger partial charge in [-0.05, 0) is 31.2 Å². The Morgan fingerprint density at radius 2 is 1.93 bits per heavy atom. The summed E-state index contributed by atoms with van der Waals surface area (Å²) in [6.45, 7) is 9.11. The quantitative estimate of drug-likeness (QED) is 0.271. The molecule has 0 saturated heterocycles. The highest BCUT2D eigenvalue weighted by Crippen LogP contribution is 2.17. The monoisotopic (exact) mass is 369 g/mol. The fourth-order valence-electron chi connectivity index (χ4n) is 1.88. The van der Waals surface area contributed by atoms with Crippen molar-refractivity contribution in [3.05, 3.63) is 61.1 Å². The fourth-order valence-corrected chi connectivity index (χ4v) is 1.88. The van der Waals surface area contributed by atoms with Crippen molar-refractivity contribution in [3.63, 3.8) is 0 Å². The van der Waals surface area contributed by atoms with E-state index in [0.29, 0.717) is 29.3 Å². The van der Waals surface area contributed by atoms with Crippen molar-refractivity contribution in [3.8, 4) is 0 Å². The summed E-state index contributed by atoms with van der Waals surface area (Å²) in [7, 11) is 0. The maximum Gasteiger partial charge on any atom is 0.243 e. The lowest BCUT2D eigenvalue weighted by Gasteiger charge is -2.09. The lowest BCUT2D eigenvalue weighted by atomic mass is 10.2. The molecule has 0 aliphatic rings. The lowest BCUT2D eigenvalue weighted by Crippen LogP contribution is -2.25. The van der Waals surface area contributed by atoms with Gasteiger partial charge in [0, 0.05) is 24.3 Å². The van der Waals surface area contributed by atoms with Crippen LogP contribution in [0.3, 0.4) is 0 Å². The number of anilines is 2. The summed E-state index contributed by atoms with van der Waals surface area (Å²) in [4.78, 5) is 37.5. The Kier molecular flexibility index (Phi) is 9.34. The summed E-state index contributed by atoms with van der Waals surface area (Å²) in [6.07, 6.45) is 5.01. The van der Waals surface area contributed by atoms with Gasteiger partial charge < -0.3 is 21.3 Å². The average molecular weight is 369 g/mol. The summed E-state index contributed by atoms with van der Waals surface area (Å²) in [5.74, 6) is -0.193. The van der Waals surface area contributed by atoms with Gasteiger partial charge in [0.05, 0.1) is 11.9 Å². The maximum atomic E-state index is 11.9. The molecule has 0 spiro atoms. The third-order valence-electron chi connectivity index (χ3n) is 3.17. The molecule has 0 bridgehead atoms. The molecule has 0 aliphatic carbocycles. The van der Waals surface area contributed by atoms with Crippen molar-refractivity contribution in [1.29, 1.82) is 0 Å². The van der Waals surface area contributed by atoms with Crippen LogP contribution in [0.4, 0.5) is 11.4 Å². The number of hydrogen-bond donors (Lipinski definition) is 4. The summed E-state index contributed by atoms with van der Waals surface area (Å²) < 4.78 is 0. The van der Waals surface area contributed by atoms with Crippen LogP contribution >= 0.6 is 0 Å². The van der Waals surface area contributed by atoms with Crippen LogP contribution in [0.2, 0.25) is 0 Å². The normalized spacial score (nSPS) is 10.8. The molecular formula is C19H23N5O3. The van der Waals surface area contributed by atoms with E-state index in [9.17, 15) is 14.4 Å². The zero-order valence-electron chi connectivity index (χ0n) is 15.1. The van der Waals surface area contributed by atoms with Crippen LogP contribution in [0, 0.1) is 0 Å². The summed E-state index contributed by atoms with van der Waals surface area (Å²) in [6, 6.07) is 7.02. The molecule has 0 unspecified atom stereocenters. The molecule has 0 aromatic heterocycles. The number of aliphatic imine (C=N–C) groups is 1. The van der Waals surface area contributed by atoms with Crippen LogP contribution < -0.4 is 21.3 Å². The number of nitrogens with one attached hydrogen (secondary N) is 4. The molecular weight excluding hydrogens is 346 g/mol. The molecule has 1 aromatic carbocycles. The number of amides is 3. The van der Waals surface area contributed by atoms with Crippen molar-refractivity contribution in [2.75, 3.05) is 17.2 Å². The highest BCUT2D eigenvalue weighted by Gasteiger charge is 2.04. The molecule has 27 heavy (non-hydrogen) atoms. The Balaban J connectivity index is 2.58. The first kappa shape index (κ1) is 21.4. The summed E-state index contributed by atoms with van der Waals surface area (Å²) in [5, 5.41) is 10.8. The molecule has 3 amide bonds. The minimum Gasteiger partial charge on any atom is -0.352 e. The summed E-state index contributed by atoms with van der Waals surface area (Å²) >= 11 is 0. The van der Waals surface area contributed by atoms with Crippen LogP contribution in [0.15, 0.2) is 66.1 Å². The summed E-state index contributed by atoms with van der Waals surface area (Å²) in [5.41, 5.74) is 1.81. The molecule has 0 saturated carbocycles. The second-order valence-electron chi connectivity index (χ2n) is 5.21. The Bertz CT molecular complexity index is 768. The van der Waals surface area contributed by atoms with Gasteiger partial charge in [-0.3, -0.25) is 14.4 Å². The van der Waals surface area contributed by atoms with Gasteiger partial charge in [0.15, 0.2) is 0 Å². The minimum atomic E-state index is -0.322. The molecule has 0 fully saturated rings. The van der Waals surface area contributed by atoms with Gasteiger partial charge in [-0.2, -0.15) is 0 Å². The largest absolute Gasteiger partial charge is 0.352 e.